The Hall–Kier alpha value is -2.69. The van der Waals surface area contributed by atoms with Crippen molar-refractivity contribution < 1.29 is 17.9 Å². The fourth-order valence-electron chi connectivity index (χ4n) is 2.16. The highest BCUT2D eigenvalue weighted by Gasteiger charge is 2.22. The van der Waals surface area contributed by atoms with Gasteiger partial charge in [0.2, 0.25) is 5.76 Å². The van der Waals surface area contributed by atoms with Gasteiger partial charge < -0.3 is 4.52 Å². The molecule has 0 amide bonds. The third kappa shape index (κ3) is 4.35. The van der Waals surface area contributed by atoms with Crippen LogP contribution in [-0.2, 0) is 10.0 Å². The number of nitro groups is 1. The number of hydrogen-bond acceptors (Lipinski definition) is 7. The SMILES string of the molecule is Cc1noc(/C=C/c2ccc(S(=O)(=O)Nc3ccc(Cl)cc3)s2)c1[N+](=O)[O-]. The van der Waals surface area contributed by atoms with Crippen LogP contribution in [0.15, 0.2) is 45.1 Å². The van der Waals surface area contributed by atoms with Gasteiger partial charge in [-0.15, -0.1) is 11.3 Å². The molecule has 3 aromatic rings. The van der Waals surface area contributed by atoms with Gasteiger partial charge in [0.25, 0.3) is 10.0 Å². The van der Waals surface area contributed by atoms with Crippen LogP contribution in [-0.4, -0.2) is 18.5 Å². The second-order valence-corrected chi connectivity index (χ2v) is 8.80. The van der Waals surface area contributed by atoms with Crippen molar-refractivity contribution in [2.24, 2.45) is 0 Å². The summed E-state index contributed by atoms with van der Waals surface area (Å²) in [5.41, 5.74) is 0.332. The molecular weight excluding hydrogens is 414 g/mol. The summed E-state index contributed by atoms with van der Waals surface area (Å²) in [6.07, 6.45) is 2.91. The fraction of sp³-hybridized carbons (Fsp3) is 0.0625. The summed E-state index contributed by atoms with van der Waals surface area (Å²) in [5, 5.41) is 15.1. The van der Waals surface area contributed by atoms with Gasteiger partial charge >= 0.3 is 5.69 Å². The summed E-state index contributed by atoms with van der Waals surface area (Å²) < 4.78 is 32.4. The molecule has 8 nitrogen and oxygen atoms in total. The average Bonchev–Trinajstić information content (AvgIpc) is 3.22. The minimum absolute atomic E-state index is 0.00500. The van der Waals surface area contributed by atoms with Crippen LogP contribution in [0.3, 0.4) is 0 Å². The highest BCUT2D eigenvalue weighted by Crippen LogP contribution is 2.28. The molecule has 27 heavy (non-hydrogen) atoms. The molecule has 140 valence electrons. The van der Waals surface area contributed by atoms with Gasteiger partial charge in [-0.1, -0.05) is 16.8 Å². The lowest BCUT2D eigenvalue weighted by Gasteiger charge is -2.05. The summed E-state index contributed by atoms with van der Waals surface area (Å²) in [6, 6.07) is 9.30. The maximum atomic E-state index is 12.4. The first-order valence-corrected chi connectivity index (χ1v) is 10.1. The van der Waals surface area contributed by atoms with Crippen LogP contribution in [0.25, 0.3) is 12.2 Å². The van der Waals surface area contributed by atoms with Gasteiger partial charge in [0, 0.05) is 15.6 Å². The summed E-state index contributed by atoms with van der Waals surface area (Å²) in [6.45, 7) is 1.47. The molecule has 0 aliphatic rings. The van der Waals surface area contributed by atoms with E-state index in [9.17, 15) is 18.5 Å². The van der Waals surface area contributed by atoms with E-state index in [1.165, 1.54) is 25.1 Å². The molecule has 0 saturated carbocycles. The zero-order chi connectivity index (χ0) is 19.6. The lowest BCUT2D eigenvalue weighted by Crippen LogP contribution is -2.11. The van der Waals surface area contributed by atoms with Crippen LogP contribution < -0.4 is 4.72 Å². The topological polar surface area (TPSA) is 115 Å². The van der Waals surface area contributed by atoms with E-state index in [-0.39, 0.29) is 21.4 Å². The predicted octanol–water partition coefficient (Wildman–Crippen LogP) is 4.58. The van der Waals surface area contributed by atoms with E-state index < -0.39 is 14.9 Å². The van der Waals surface area contributed by atoms with Crippen molar-refractivity contribution in [2.45, 2.75) is 11.1 Å². The minimum Gasteiger partial charge on any atom is -0.349 e. The first kappa shape index (κ1) is 19.1. The fourth-order valence-corrected chi connectivity index (χ4v) is 4.58. The largest absolute Gasteiger partial charge is 0.349 e. The van der Waals surface area contributed by atoms with Crippen LogP contribution in [0, 0.1) is 17.0 Å². The van der Waals surface area contributed by atoms with Crippen molar-refractivity contribution >= 4 is 56.5 Å². The second-order valence-electron chi connectivity index (χ2n) is 5.34. The van der Waals surface area contributed by atoms with Crippen LogP contribution >= 0.6 is 22.9 Å². The zero-order valence-electron chi connectivity index (χ0n) is 13.7. The van der Waals surface area contributed by atoms with E-state index >= 15 is 0 Å². The van der Waals surface area contributed by atoms with Crippen LogP contribution in [0.2, 0.25) is 5.02 Å². The number of nitrogens with one attached hydrogen (secondary N) is 1. The number of halogens is 1. The average molecular weight is 426 g/mol. The van der Waals surface area contributed by atoms with Gasteiger partial charge in [-0.25, -0.2) is 8.42 Å². The van der Waals surface area contributed by atoms with E-state index in [0.29, 0.717) is 15.6 Å². The molecule has 0 radical (unpaired) electrons. The number of aryl methyl sites for hydroxylation is 1. The number of aromatic nitrogens is 1. The molecule has 1 aromatic carbocycles. The maximum Gasteiger partial charge on any atom is 0.338 e. The van der Waals surface area contributed by atoms with Crippen LogP contribution in [0.1, 0.15) is 16.3 Å². The van der Waals surface area contributed by atoms with Crippen LogP contribution in [0.4, 0.5) is 11.4 Å². The monoisotopic (exact) mass is 425 g/mol. The van der Waals surface area contributed by atoms with E-state index in [2.05, 4.69) is 9.88 Å². The predicted molar refractivity (Wildman–Crippen MR) is 103 cm³/mol. The molecule has 0 unspecified atom stereocenters. The van der Waals surface area contributed by atoms with Crippen molar-refractivity contribution in [1.82, 2.24) is 5.16 Å². The second kappa shape index (κ2) is 7.51. The number of rotatable bonds is 6. The normalized spacial score (nSPS) is 11.8. The maximum absolute atomic E-state index is 12.4. The van der Waals surface area contributed by atoms with Crippen molar-refractivity contribution in [3.8, 4) is 0 Å². The summed E-state index contributed by atoms with van der Waals surface area (Å²) in [4.78, 5) is 11.0. The molecular formula is C16H12ClN3O5S2. The zero-order valence-corrected chi connectivity index (χ0v) is 16.1. The number of nitrogens with zero attached hydrogens (tertiary/aromatic N) is 2. The van der Waals surface area contributed by atoms with Gasteiger partial charge in [-0.3, -0.25) is 14.8 Å². The summed E-state index contributed by atoms with van der Waals surface area (Å²) in [5.74, 6) is -0.00500. The van der Waals surface area contributed by atoms with Crippen molar-refractivity contribution in [1.29, 1.82) is 0 Å². The Morgan fingerprint density at radius 2 is 1.93 bits per heavy atom. The number of benzene rings is 1. The number of sulfonamides is 1. The summed E-state index contributed by atoms with van der Waals surface area (Å²) >= 11 is 6.79. The molecule has 0 aliphatic heterocycles. The Bertz CT molecular complexity index is 1120. The molecule has 0 bridgehead atoms. The molecule has 0 atom stereocenters. The van der Waals surface area contributed by atoms with Gasteiger partial charge in [0.1, 0.15) is 4.21 Å². The highest BCUT2D eigenvalue weighted by molar-refractivity contribution is 7.94. The first-order chi connectivity index (χ1) is 12.8. The van der Waals surface area contributed by atoms with E-state index in [1.807, 2.05) is 0 Å². The summed E-state index contributed by atoms with van der Waals surface area (Å²) in [7, 11) is -3.76. The Morgan fingerprint density at radius 1 is 1.22 bits per heavy atom. The minimum atomic E-state index is -3.76. The highest BCUT2D eigenvalue weighted by atomic mass is 35.5. The Labute approximate surface area is 163 Å². The molecule has 2 aromatic heterocycles. The molecule has 11 heteroatoms. The van der Waals surface area contributed by atoms with Crippen LogP contribution in [0.5, 0.6) is 0 Å². The molecule has 1 N–H and O–H groups in total. The number of hydrogen-bond donors (Lipinski definition) is 1. The molecule has 0 saturated heterocycles. The smallest absolute Gasteiger partial charge is 0.338 e. The lowest BCUT2D eigenvalue weighted by atomic mass is 10.3. The molecule has 0 fully saturated rings. The van der Waals surface area contributed by atoms with E-state index in [4.69, 9.17) is 16.1 Å². The number of anilines is 1. The molecule has 3 rings (SSSR count). The molecule has 2 heterocycles. The Balaban J connectivity index is 1.80. The van der Waals surface area contributed by atoms with Gasteiger partial charge in [0.05, 0.1) is 4.92 Å². The van der Waals surface area contributed by atoms with Crippen molar-refractivity contribution in [2.75, 3.05) is 4.72 Å². The molecule has 0 aliphatic carbocycles. The van der Waals surface area contributed by atoms with E-state index in [1.54, 1.807) is 30.3 Å². The van der Waals surface area contributed by atoms with Gasteiger partial charge in [-0.2, -0.15) is 0 Å². The Kier molecular flexibility index (Phi) is 5.31. The van der Waals surface area contributed by atoms with Gasteiger partial charge in [-0.05, 0) is 55.5 Å². The standard InChI is InChI=1S/C16H12ClN3O5S2/c1-10-16(20(21)22)14(25-18-10)8-6-13-7-9-15(26-13)27(23,24)19-12-4-2-11(17)3-5-12/h2-9,19H,1H3/b8-6+. The quantitative estimate of drug-likeness (QED) is 0.456. The number of thiophene rings is 1. The molecule has 0 spiro atoms. The van der Waals surface area contributed by atoms with E-state index in [0.717, 1.165) is 11.3 Å². The third-order valence-corrected chi connectivity index (χ3v) is 6.58. The lowest BCUT2D eigenvalue weighted by molar-refractivity contribution is -0.386. The Morgan fingerprint density at radius 3 is 2.59 bits per heavy atom. The van der Waals surface area contributed by atoms with Crippen molar-refractivity contribution in [3.63, 3.8) is 0 Å². The third-order valence-electron chi connectivity index (χ3n) is 3.40. The van der Waals surface area contributed by atoms with Crippen molar-refractivity contribution in [3.05, 3.63) is 67.9 Å². The first-order valence-electron chi connectivity index (χ1n) is 7.43. The van der Waals surface area contributed by atoms with Gasteiger partial charge in [0.15, 0.2) is 5.69 Å².